The van der Waals surface area contributed by atoms with Crippen molar-refractivity contribution in [1.29, 1.82) is 0 Å². The average Bonchev–Trinajstić information content (AvgIpc) is 2.90. The summed E-state index contributed by atoms with van der Waals surface area (Å²) in [6.07, 6.45) is -0.903. The van der Waals surface area contributed by atoms with Crippen molar-refractivity contribution in [3.63, 3.8) is 0 Å². The van der Waals surface area contributed by atoms with Gasteiger partial charge in [0.25, 0.3) is 0 Å². The monoisotopic (exact) mass is 252 g/mol. The average molecular weight is 252 g/mol. The molecule has 2 rings (SSSR count). The van der Waals surface area contributed by atoms with Crippen molar-refractivity contribution in [1.82, 2.24) is 9.59 Å². The summed E-state index contributed by atoms with van der Waals surface area (Å²) < 4.78 is 14.2. The Morgan fingerprint density at radius 1 is 1.24 bits per heavy atom. The predicted molar refractivity (Wildman–Crippen MR) is 63.5 cm³/mol. The number of benzene rings is 1. The molecule has 17 heavy (non-hydrogen) atoms. The summed E-state index contributed by atoms with van der Waals surface area (Å²) in [4.78, 5) is 0. The van der Waals surface area contributed by atoms with E-state index in [0.29, 0.717) is 22.8 Å². The molecule has 0 fully saturated rings. The van der Waals surface area contributed by atoms with Crippen molar-refractivity contribution in [3.05, 3.63) is 34.8 Å². The molecule has 0 aliphatic rings. The number of aliphatic hydroxyl groups is 1. The van der Waals surface area contributed by atoms with Crippen LogP contribution in [0.4, 0.5) is 0 Å². The number of rotatable bonds is 4. The van der Waals surface area contributed by atoms with E-state index in [9.17, 15) is 5.11 Å². The molecule has 1 aromatic heterocycles. The molecule has 1 N–H and O–H groups in total. The molecule has 0 amide bonds. The summed E-state index contributed by atoms with van der Waals surface area (Å²) in [5.41, 5.74) is 1.04. The van der Waals surface area contributed by atoms with Gasteiger partial charge in [-0.1, -0.05) is 10.6 Å². The van der Waals surface area contributed by atoms with Crippen LogP contribution in [0.25, 0.3) is 0 Å². The van der Waals surface area contributed by atoms with Crippen LogP contribution in [-0.2, 0) is 0 Å². The molecule has 0 spiro atoms. The van der Waals surface area contributed by atoms with Gasteiger partial charge in [0, 0.05) is 5.38 Å². The van der Waals surface area contributed by atoms with Gasteiger partial charge < -0.3 is 14.6 Å². The highest BCUT2D eigenvalue weighted by molar-refractivity contribution is 7.03. The molecule has 1 aromatic carbocycles. The van der Waals surface area contributed by atoms with Gasteiger partial charge in [-0.2, -0.15) is 0 Å². The molecule has 5 nitrogen and oxygen atoms in total. The molecular weight excluding hydrogens is 240 g/mol. The third-order valence-corrected chi connectivity index (χ3v) is 2.92. The van der Waals surface area contributed by atoms with Gasteiger partial charge in [0.15, 0.2) is 0 Å². The van der Waals surface area contributed by atoms with Crippen LogP contribution in [-0.4, -0.2) is 28.9 Å². The Kier molecular flexibility index (Phi) is 3.55. The normalized spacial score (nSPS) is 12.2. The Balaban J connectivity index is 2.49. The third-order valence-electron chi connectivity index (χ3n) is 2.40. The molecule has 1 unspecified atom stereocenters. The van der Waals surface area contributed by atoms with Crippen LogP contribution in [0.2, 0.25) is 0 Å². The molecule has 1 atom stereocenters. The Morgan fingerprint density at radius 2 is 1.88 bits per heavy atom. The minimum atomic E-state index is -0.903. The van der Waals surface area contributed by atoms with Crippen molar-refractivity contribution in [2.75, 3.05) is 14.2 Å². The van der Waals surface area contributed by atoms with Gasteiger partial charge in [-0.25, -0.2) is 0 Å². The van der Waals surface area contributed by atoms with Gasteiger partial charge in [0.05, 0.1) is 19.8 Å². The maximum Gasteiger partial charge on any atom is 0.131 e. The van der Waals surface area contributed by atoms with Crippen molar-refractivity contribution in [3.8, 4) is 11.5 Å². The Labute approximate surface area is 103 Å². The van der Waals surface area contributed by atoms with Gasteiger partial charge in [-0.15, -0.1) is 5.10 Å². The lowest BCUT2D eigenvalue weighted by Gasteiger charge is -2.16. The van der Waals surface area contributed by atoms with Crippen LogP contribution >= 0.6 is 11.5 Å². The van der Waals surface area contributed by atoms with E-state index in [1.807, 2.05) is 0 Å². The number of hydrogen-bond donors (Lipinski definition) is 1. The van der Waals surface area contributed by atoms with Crippen LogP contribution in [0, 0.1) is 0 Å². The highest BCUT2D eigenvalue weighted by Crippen LogP contribution is 2.36. The first-order valence-corrected chi connectivity index (χ1v) is 5.77. The lowest BCUT2D eigenvalue weighted by Crippen LogP contribution is -2.05. The van der Waals surface area contributed by atoms with E-state index in [1.165, 1.54) is 11.5 Å². The molecule has 0 saturated heterocycles. The van der Waals surface area contributed by atoms with Crippen molar-refractivity contribution < 1.29 is 14.6 Å². The fourth-order valence-corrected chi connectivity index (χ4v) is 2.06. The maximum absolute atomic E-state index is 10.2. The minimum absolute atomic E-state index is 0.484. The van der Waals surface area contributed by atoms with Gasteiger partial charge >= 0.3 is 0 Å². The maximum atomic E-state index is 10.2. The molecule has 1 heterocycles. The molecule has 0 radical (unpaired) electrons. The van der Waals surface area contributed by atoms with Crippen LogP contribution in [0.3, 0.4) is 0 Å². The van der Waals surface area contributed by atoms with E-state index < -0.39 is 6.10 Å². The van der Waals surface area contributed by atoms with E-state index in [4.69, 9.17) is 9.47 Å². The molecule has 0 aliphatic heterocycles. The third kappa shape index (κ3) is 2.22. The smallest absolute Gasteiger partial charge is 0.131 e. The first kappa shape index (κ1) is 11.8. The van der Waals surface area contributed by atoms with Gasteiger partial charge in [0.1, 0.15) is 23.3 Å². The predicted octanol–water partition coefficient (Wildman–Crippen LogP) is 1.64. The number of aromatic nitrogens is 2. The van der Waals surface area contributed by atoms with Crippen LogP contribution in [0.5, 0.6) is 11.5 Å². The standard InChI is InChI=1S/C11H12N2O3S/c1-15-8-4-3-5-9(16-2)10(8)11(14)7-6-17-13-12-7/h3-6,11,14H,1-2H3. The molecule has 90 valence electrons. The second-order valence-electron chi connectivity index (χ2n) is 3.31. The van der Waals surface area contributed by atoms with Crippen molar-refractivity contribution in [2.24, 2.45) is 0 Å². The number of ether oxygens (including phenoxy) is 2. The second-order valence-corrected chi connectivity index (χ2v) is 3.92. The summed E-state index contributed by atoms with van der Waals surface area (Å²) in [6.45, 7) is 0. The van der Waals surface area contributed by atoms with Crippen LogP contribution in [0.1, 0.15) is 17.4 Å². The SMILES string of the molecule is COc1cccc(OC)c1C(O)c1csnn1. The second kappa shape index (κ2) is 5.11. The Bertz CT molecular complexity index is 465. The van der Waals surface area contributed by atoms with Crippen LogP contribution in [0.15, 0.2) is 23.6 Å². The zero-order valence-corrected chi connectivity index (χ0v) is 10.3. The lowest BCUT2D eigenvalue weighted by molar-refractivity contribution is 0.204. The highest BCUT2D eigenvalue weighted by atomic mass is 32.1. The zero-order valence-electron chi connectivity index (χ0n) is 9.45. The number of hydrogen-bond acceptors (Lipinski definition) is 6. The van der Waals surface area contributed by atoms with E-state index in [-0.39, 0.29) is 0 Å². The molecule has 0 bridgehead atoms. The first-order valence-electron chi connectivity index (χ1n) is 4.93. The molecule has 0 aliphatic carbocycles. The summed E-state index contributed by atoms with van der Waals surface area (Å²) >= 11 is 1.19. The van der Waals surface area contributed by atoms with E-state index in [2.05, 4.69) is 9.59 Å². The van der Waals surface area contributed by atoms with Gasteiger partial charge in [0.2, 0.25) is 0 Å². The van der Waals surface area contributed by atoms with E-state index in [1.54, 1.807) is 37.8 Å². The summed E-state index contributed by atoms with van der Waals surface area (Å²) in [6, 6.07) is 5.33. The Morgan fingerprint density at radius 3 is 2.35 bits per heavy atom. The number of nitrogens with zero attached hydrogens (tertiary/aromatic N) is 2. The topological polar surface area (TPSA) is 64.5 Å². The van der Waals surface area contributed by atoms with Crippen molar-refractivity contribution in [2.45, 2.75) is 6.10 Å². The fourth-order valence-electron chi connectivity index (χ4n) is 1.59. The fraction of sp³-hybridized carbons (Fsp3) is 0.273. The molecule has 6 heteroatoms. The molecular formula is C11H12N2O3S. The van der Waals surface area contributed by atoms with Gasteiger partial charge in [-0.05, 0) is 23.7 Å². The lowest BCUT2D eigenvalue weighted by atomic mass is 10.0. The summed E-state index contributed by atoms with van der Waals surface area (Å²) in [5.74, 6) is 1.12. The van der Waals surface area contributed by atoms with Gasteiger partial charge in [-0.3, -0.25) is 0 Å². The quantitative estimate of drug-likeness (QED) is 0.896. The van der Waals surface area contributed by atoms with Crippen LogP contribution < -0.4 is 9.47 Å². The largest absolute Gasteiger partial charge is 0.496 e. The van der Waals surface area contributed by atoms with Crippen molar-refractivity contribution >= 4 is 11.5 Å². The first-order chi connectivity index (χ1) is 8.27. The highest BCUT2D eigenvalue weighted by Gasteiger charge is 2.22. The minimum Gasteiger partial charge on any atom is -0.496 e. The summed E-state index contributed by atoms with van der Waals surface area (Å²) in [5, 5.41) is 15.8. The molecule has 2 aromatic rings. The zero-order chi connectivity index (χ0) is 12.3. The van der Waals surface area contributed by atoms with E-state index >= 15 is 0 Å². The number of methoxy groups -OCH3 is 2. The Hall–Kier alpha value is -1.66. The van der Waals surface area contributed by atoms with E-state index in [0.717, 1.165) is 0 Å². The summed E-state index contributed by atoms with van der Waals surface area (Å²) in [7, 11) is 3.09. The number of aliphatic hydroxyl groups excluding tert-OH is 1. The molecule has 0 saturated carbocycles.